The number of hydrogen-bond acceptors (Lipinski definition) is 6. The van der Waals surface area contributed by atoms with Gasteiger partial charge in [-0.15, -0.1) is 0 Å². The van der Waals surface area contributed by atoms with Gasteiger partial charge < -0.3 is 15.4 Å². The third-order valence-corrected chi connectivity index (χ3v) is 4.68. The summed E-state index contributed by atoms with van der Waals surface area (Å²) in [5.74, 6) is -0.0618. The summed E-state index contributed by atoms with van der Waals surface area (Å²) in [6.07, 6.45) is 6.58. The Morgan fingerprint density at radius 3 is 2.74 bits per heavy atom. The highest BCUT2D eigenvalue weighted by atomic mass is 19.1. The van der Waals surface area contributed by atoms with Crippen molar-refractivity contribution in [2.45, 2.75) is 45.6 Å². The van der Waals surface area contributed by atoms with Gasteiger partial charge in [-0.3, -0.25) is 9.48 Å². The van der Waals surface area contributed by atoms with Crippen molar-refractivity contribution < 1.29 is 13.9 Å². The number of nitrogens with one attached hydrogen (secondary N) is 2. The molecule has 3 rings (SSSR count). The summed E-state index contributed by atoms with van der Waals surface area (Å²) >= 11 is 0. The molecule has 0 radical (unpaired) electrons. The van der Waals surface area contributed by atoms with Gasteiger partial charge in [-0.25, -0.2) is 4.98 Å². The third-order valence-electron chi connectivity index (χ3n) is 4.68. The van der Waals surface area contributed by atoms with Gasteiger partial charge in [-0.2, -0.15) is 14.5 Å². The molecule has 1 aliphatic carbocycles. The molecule has 0 unspecified atom stereocenters. The summed E-state index contributed by atoms with van der Waals surface area (Å²) in [5.41, 5.74) is 1.55. The van der Waals surface area contributed by atoms with Crippen LogP contribution in [0.4, 0.5) is 16.0 Å². The standard InChI is InChI=1S/C18H25FN6O2/c1-11-16(9-25(3)24-11)22-18-20-8-15(19)17(23-18)27-10-13-4-6-14(7-5-13)21-12(2)26/h8-9,13-14H,4-7,10H2,1-3H3,(H,21,26)(H,20,22,23). The highest BCUT2D eigenvalue weighted by Crippen LogP contribution is 2.26. The number of nitrogens with zero attached hydrogens (tertiary/aromatic N) is 4. The first-order valence-electron chi connectivity index (χ1n) is 9.10. The van der Waals surface area contributed by atoms with Gasteiger partial charge in [-0.05, 0) is 38.5 Å². The normalized spacial score (nSPS) is 19.6. The van der Waals surface area contributed by atoms with E-state index >= 15 is 0 Å². The van der Waals surface area contributed by atoms with Crippen LogP contribution in [0.15, 0.2) is 12.4 Å². The first-order valence-corrected chi connectivity index (χ1v) is 9.10. The zero-order chi connectivity index (χ0) is 19.4. The van der Waals surface area contributed by atoms with Crippen LogP contribution in [0.25, 0.3) is 0 Å². The molecule has 2 heterocycles. The van der Waals surface area contributed by atoms with Crippen LogP contribution in [0.2, 0.25) is 0 Å². The van der Waals surface area contributed by atoms with Crippen molar-refractivity contribution in [2.24, 2.45) is 13.0 Å². The van der Waals surface area contributed by atoms with Gasteiger partial charge >= 0.3 is 0 Å². The summed E-state index contributed by atoms with van der Waals surface area (Å²) in [6, 6.07) is 0.230. The Morgan fingerprint density at radius 1 is 1.37 bits per heavy atom. The second-order valence-corrected chi connectivity index (χ2v) is 7.00. The minimum Gasteiger partial charge on any atom is -0.475 e. The third kappa shape index (κ3) is 5.15. The molecule has 9 heteroatoms. The molecule has 1 amide bonds. The second kappa shape index (κ2) is 8.32. The fraction of sp³-hybridized carbons (Fsp3) is 0.556. The molecule has 0 saturated heterocycles. The number of halogens is 1. The molecule has 0 aromatic carbocycles. The number of hydrogen-bond donors (Lipinski definition) is 2. The van der Waals surface area contributed by atoms with Crippen LogP contribution in [0.1, 0.15) is 38.3 Å². The van der Waals surface area contributed by atoms with Gasteiger partial charge in [0.1, 0.15) is 0 Å². The van der Waals surface area contributed by atoms with Crippen molar-refractivity contribution in [1.82, 2.24) is 25.1 Å². The Balaban J connectivity index is 1.56. The van der Waals surface area contributed by atoms with Crippen LogP contribution in [0, 0.1) is 18.7 Å². The Kier molecular flexibility index (Phi) is 5.88. The quantitative estimate of drug-likeness (QED) is 0.804. The number of aromatic nitrogens is 4. The Labute approximate surface area is 157 Å². The lowest BCUT2D eigenvalue weighted by Crippen LogP contribution is -2.37. The molecular weight excluding hydrogens is 351 g/mol. The van der Waals surface area contributed by atoms with Crippen molar-refractivity contribution in [3.8, 4) is 5.88 Å². The van der Waals surface area contributed by atoms with Crippen molar-refractivity contribution in [3.05, 3.63) is 23.9 Å². The highest BCUT2D eigenvalue weighted by molar-refractivity contribution is 5.73. The molecular formula is C18H25FN6O2. The van der Waals surface area contributed by atoms with Gasteiger partial charge in [-0.1, -0.05) is 0 Å². The largest absolute Gasteiger partial charge is 0.475 e. The average molecular weight is 376 g/mol. The van der Waals surface area contributed by atoms with E-state index in [0.29, 0.717) is 12.5 Å². The van der Waals surface area contributed by atoms with Crippen LogP contribution in [-0.4, -0.2) is 38.3 Å². The fourth-order valence-electron chi connectivity index (χ4n) is 3.31. The number of aryl methyl sites for hydroxylation is 2. The molecule has 2 aromatic heterocycles. The minimum atomic E-state index is -0.588. The molecule has 1 fully saturated rings. The molecule has 1 aliphatic rings. The lowest BCUT2D eigenvalue weighted by atomic mass is 9.86. The second-order valence-electron chi connectivity index (χ2n) is 7.00. The van der Waals surface area contributed by atoms with Crippen molar-refractivity contribution in [1.29, 1.82) is 0 Å². The maximum absolute atomic E-state index is 14.0. The van der Waals surface area contributed by atoms with E-state index in [1.807, 2.05) is 14.0 Å². The first-order chi connectivity index (χ1) is 12.9. The predicted octanol–water partition coefficient (Wildman–Crippen LogP) is 2.47. The van der Waals surface area contributed by atoms with E-state index < -0.39 is 5.82 Å². The van der Waals surface area contributed by atoms with Crippen LogP contribution >= 0.6 is 0 Å². The SMILES string of the molecule is CC(=O)NC1CCC(COc2nc(Nc3cn(C)nc3C)ncc2F)CC1. The summed E-state index contributed by atoms with van der Waals surface area (Å²) in [7, 11) is 1.82. The molecule has 2 aromatic rings. The van der Waals surface area contributed by atoms with E-state index in [1.54, 1.807) is 10.9 Å². The van der Waals surface area contributed by atoms with Crippen LogP contribution in [0.5, 0.6) is 5.88 Å². The molecule has 1 saturated carbocycles. The smallest absolute Gasteiger partial charge is 0.255 e. The van der Waals surface area contributed by atoms with E-state index in [4.69, 9.17) is 4.74 Å². The fourth-order valence-corrected chi connectivity index (χ4v) is 3.31. The zero-order valence-corrected chi connectivity index (χ0v) is 15.8. The number of amides is 1. The molecule has 0 atom stereocenters. The monoisotopic (exact) mass is 376 g/mol. The number of anilines is 2. The van der Waals surface area contributed by atoms with E-state index in [-0.39, 0.29) is 23.8 Å². The number of carbonyl (C=O) groups excluding carboxylic acids is 1. The number of ether oxygens (including phenoxy) is 1. The first kappa shape index (κ1) is 19.1. The Morgan fingerprint density at radius 2 is 2.11 bits per heavy atom. The predicted molar refractivity (Wildman–Crippen MR) is 98.3 cm³/mol. The molecule has 0 spiro atoms. The van der Waals surface area contributed by atoms with Crippen molar-refractivity contribution in [2.75, 3.05) is 11.9 Å². The molecule has 8 nitrogen and oxygen atoms in total. The van der Waals surface area contributed by atoms with E-state index in [2.05, 4.69) is 25.7 Å². The average Bonchev–Trinajstić information content (AvgIpc) is 2.93. The number of rotatable bonds is 6. The van der Waals surface area contributed by atoms with Crippen LogP contribution < -0.4 is 15.4 Å². The summed E-state index contributed by atoms with van der Waals surface area (Å²) in [5, 5.41) is 10.2. The maximum Gasteiger partial charge on any atom is 0.255 e. The van der Waals surface area contributed by atoms with Crippen LogP contribution in [0.3, 0.4) is 0 Å². The Hall–Kier alpha value is -2.71. The van der Waals surface area contributed by atoms with Crippen molar-refractivity contribution in [3.63, 3.8) is 0 Å². The highest BCUT2D eigenvalue weighted by Gasteiger charge is 2.23. The molecule has 0 aliphatic heterocycles. The molecule has 27 heavy (non-hydrogen) atoms. The van der Waals surface area contributed by atoms with E-state index in [0.717, 1.165) is 43.3 Å². The maximum atomic E-state index is 14.0. The topological polar surface area (TPSA) is 94.0 Å². The van der Waals surface area contributed by atoms with Gasteiger partial charge in [0.2, 0.25) is 17.7 Å². The van der Waals surface area contributed by atoms with E-state index in [1.165, 1.54) is 6.92 Å². The van der Waals surface area contributed by atoms with Gasteiger partial charge in [0, 0.05) is 26.2 Å². The summed E-state index contributed by atoms with van der Waals surface area (Å²) in [4.78, 5) is 19.2. The minimum absolute atomic E-state index is 0.00152. The van der Waals surface area contributed by atoms with Gasteiger partial charge in [0.25, 0.3) is 5.88 Å². The number of carbonyl (C=O) groups is 1. The van der Waals surface area contributed by atoms with Crippen molar-refractivity contribution >= 4 is 17.5 Å². The van der Waals surface area contributed by atoms with Crippen LogP contribution in [-0.2, 0) is 11.8 Å². The van der Waals surface area contributed by atoms with Gasteiger partial charge in [0.15, 0.2) is 0 Å². The lowest BCUT2D eigenvalue weighted by Gasteiger charge is -2.28. The van der Waals surface area contributed by atoms with E-state index in [9.17, 15) is 9.18 Å². The Bertz CT molecular complexity index is 801. The van der Waals surface area contributed by atoms with Gasteiger partial charge in [0.05, 0.1) is 24.2 Å². The molecule has 146 valence electrons. The zero-order valence-electron chi connectivity index (χ0n) is 15.8. The lowest BCUT2D eigenvalue weighted by molar-refractivity contribution is -0.119. The summed E-state index contributed by atoms with van der Waals surface area (Å²) < 4.78 is 21.3. The molecule has 2 N–H and O–H groups in total. The summed E-state index contributed by atoms with van der Waals surface area (Å²) in [6.45, 7) is 3.79. The molecule has 0 bridgehead atoms.